The van der Waals surface area contributed by atoms with E-state index in [2.05, 4.69) is 17.1 Å². The Morgan fingerprint density at radius 1 is 1.75 bits per heavy atom. The maximum absolute atomic E-state index is 10.7. The molecule has 0 aromatic carbocycles. The maximum atomic E-state index is 10.7. The Morgan fingerprint density at radius 2 is 2.50 bits per heavy atom. The van der Waals surface area contributed by atoms with E-state index in [1.807, 2.05) is 0 Å². The molecule has 1 aliphatic heterocycles. The van der Waals surface area contributed by atoms with Crippen molar-refractivity contribution in [2.24, 2.45) is 5.73 Å². The Labute approximate surface area is 73.1 Å². The second kappa shape index (κ2) is 4.42. The first-order valence-electron chi connectivity index (χ1n) is 4.47. The van der Waals surface area contributed by atoms with Crippen LogP contribution in [-0.2, 0) is 4.79 Å². The lowest BCUT2D eigenvalue weighted by Gasteiger charge is -2.34. The third-order valence-electron chi connectivity index (χ3n) is 2.30. The average molecular weight is 171 g/mol. The molecule has 0 radical (unpaired) electrons. The number of nitrogens with zero attached hydrogens (tertiary/aromatic N) is 1. The summed E-state index contributed by atoms with van der Waals surface area (Å²) in [7, 11) is 0. The molecule has 4 heteroatoms. The molecule has 3 N–H and O–H groups in total. The summed E-state index contributed by atoms with van der Waals surface area (Å²) >= 11 is 0. The molecule has 4 nitrogen and oxygen atoms in total. The molecule has 0 saturated carbocycles. The van der Waals surface area contributed by atoms with Crippen LogP contribution in [0.1, 0.15) is 13.3 Å². The predicted octanol–water partition coefficient (Wildman–Crippen LogP) is -0.844. The van der Waals surface area contributed by atoms with Crippen LogP contribution >= 0.6 is 0 Å². The summed E-state index contributed by atoms with van der Waals surface area (Å²) in [5.74, 6) is -0.227. The predicted molar refractivity (Wildman–Crippen MR) is 47.7 cm³/mol. The van der Waals surface area contributed by atoms with E-state index in [0.717, 1.165) is 26.1 Å². The highest BCUT2D eigenvalue weighted by Gasteiger charge is 2.21. The largest absolute Gasteiger partial charge is 0.369 e. The average Bonchev–Trinajstić information content (AvgIpc) is 2.04. The van der Waals surface area contributed by atoms with Gasteiger partial charge in [0.25, 0.3) is 0 Å². The molecule has 1 fully saturated rings. The van der Waals surface area contributed by atoms with Gasteiger partial charge in [0, 0.05) is 25.7 Å². The first-order chi connectivity index (χ1) is 5.74. The molecule has 0 bridgehead atoms. The summed E-state index contributed by atoms with van der Waals surface area (Å²) in [6.45, 7) is 5.40. The van der Waals surface area contributed by atoms with Crippen molar-refractivity contribution in [3.63, 3.8) is 0 Å². The number of nitrogens with two attached hydrogens (primary N) is 1. The van der Waals surface area contributed by atoms with Crippen molar-refractivity contribution >= 4 is 5.91 Å². The molecule has 1 amide bonds. The Morgan fingerprint density at radius 3 is 3.08 bits per heavy atom. The van der Waals surface area contributed by atoms with E-state index in [1.165, 1.54) is 0 Å². The van der Waals surface area contributed by atoms with E-state index in [4.69, 9.17) is 5.73 Å². The molecule has 1 heterocycles. The highest BCUT2D eigenvalue weighted by Crippen LogP contribution is 2.05. The zero-order valence-electron chi connectivity index (χ0n) is 7.55. The Bertz CT molecular complexity index is 160. The fourth-order valence-electron chi connectivity index (χ4n) is 1.61. The first-order valence-corrected chi connectivity index (χ1v) is 4.47. The fraction of sp³-hybridized carbons (Fsp3) is 0.875. The van der Waals surface area contributed by atoms with Crippen molar-refractivity contribution in [3.05, 3.63) is 0 Å². The Balaban J connectivity index is 2.41. The Hall–Kier alpha value is -0.610. The van der Waals surface area contributed by atoms with Crippen molar-refractivity contribution in [1.29, 1.82) is 0 Å². The van der Waals surface area contributed by atoms with E-state index in [0.29, 0.717) is 12.6 Å². The van der Waals surface area contributed by atoms with Gasteiger partial charge in [0.05, 0.1) is 6.54 Å². The van der Waals surface area contributed by atoms with Crippen LogP contribution in [-0.4, -0.2) is 43.0 Å². The number of primary amides is 1. The van der Waals surface area contributed by atoms with Crippen molar-refractivity contribution < 1.29 is 4.79 Å². The van der Waals surface area contributed by atoms with Crippen LogP contribution in [0.3, 0.4) is 0 Å². The van der Waals surface area contributed by atoms with Gasteiger partial charge in [-0.05, 0) is 6.42 Å². The Kier molecular flexibility index (Phi) is 3.49. The molecule has 0 aliphatic carbocycles. The van der Waals surface area contributed by atoms with Gasteiger partial charge in [-0.15, -0.1) is 0 Å². The quantitative estimate of drug-likeness (QED) is 0.582. The highest BCUT2D eigenvalue weighted by molar-refractivity contribution is 5.75. The molecular formula is C8H17N3O. The number of hydrogen-bond donors (Lipinski definition) is 2. The third-order valence-corrected chi connectivity index (χ3v) is 2.30. The summed E-state index contributed by atoms with van der Waals surface area (Å²) in [5, 5.41) is 3.30. The lowest BCUT2D eigenvalue weighted by atomic mass is 10.1. The van der Waals surface area contributed by atoms with E-state index in [9.17, 15) is 4.79 Å². The standard InChI is InChI=1S/C8H17N3O/c1-2-7-5-10-3-4-11(7)6-8(9)12/h7,10H,2-6H2,1H3,(H2,9,12). The minimum Gasteiger partial charge on any atom is -0.369 e. The summed E-state index contributed by atoms with van der Waals surface area (Å²) in [4.78, 5) is 12.8. The van der Waals surface area contributed by atoms with Crippen LogP contribution in [0.2, 0.25) is 0 Å². The number of nitrogens with one attached hydrogen (secondary N) is 1. The van der Waals surface area contributed by atoms with E-state index >= 15 is 0 Å². The second-order valence-electron chi connectivity index (χ2n) is 3.20. The minimum atomic E-state index is -0.227. The number of amides is 1. The normalized spacial score (nSPS) is 25.6. The molecule has 1 aliphatic rings. The van der Waals surface area contributed by atoms with Crippen molar-refractivity contribution in [2.45, 2.75) is 19.4 Å². The summed E-state index contributed by atoms with van der Waals surface area (Å²) in [6, 6.07) is 0.478. The van der Waals surface area contributed by atoms with E-state index in [1.54, 1.807) is 0 Å². The summed E-state index contributed by atoms with van der Waals surface area (Å²) in [5.41, 5.74) is 5.14. The smallest absolute Gasteiger partial charge is 0.231 e. The molecule has 12 heavy (non-hydrogen) atoms. The number of rotatable bonds is 3. The van der Waals surface area contributed by atoms with Gasteiger partial charge >= 0.3 is 0 Å². The van der Waals surface area contributed by atoms with Crippen molar-refractivity contribution in [3.8, 4) is 0 Å². The van der Waals surface area contributed by atoms with Crippen molar-refractivity contribution in [1.82, 2.24) is 10.2 Å². The molecule has 0 spiro atoms. The summed E-state index contributed by atoms with van der Waals surface area (Å²) < 4.78 is 0. The van der Waals surface area contributed by atoms with E-state index < -0.39 is 0 Å². The lowest BCUT2D eigenvalue weighted by Crippen LogP contribution is -2.53. The van der Waals surface area contributed by atoms with Crippen LogP contribution in [0.15, 0.2) is 0 Å². The van der Waals surface area contributed by atoms with Gasteiger partial charge in [-0.3, -0.25) is 9.69 Å². The van der Waals surface area contributed by atoms with Gasteiger partial charge in [-0.1, -0.05) is 6.92 Å². The molecule has 1 atom stereocenters. The van der Waals surface area contributed by atoms with Crippen molar-refractivity contribution in [2.75, 3.05) is 26.2 Å². The molecule has 1 rings (SSSR count). The minimum absolute atomic E-state index is 0.227. The second-order valence-corrected chi connectivity index (χ2v) is 3.20. The van der Waals surface area contributed by atoms with Crippen LogP contribution in [0, 0.1) is 0 Å². The van der Waals surface area contributed by atoms with Gasteiger partial charge in [-0.2, -0.15) is 0 Å². The molecule has 1 saturated heterocycles. The molecule has 70 valence electrons. The third kappa shape index (κ3) is 2.46. The highest BCUT2D eigenvalue weighted by atomic mass is 16.1. The molecule has 0 aromatic rings. The molecule has 1 unspecified atom stereocenters. The SMILES string of the molecule is CCC1CNCCN1CC(N)=O. The molecular weight excluding hydrogens is 154 g/mol. The van der Waals surface area contributed by atoms with Crippen LogP contribution < -0.4 is 11.1 Å². The summed E-state index contributed by atoms with van der Waals surface area (Å²) in [6.07, 6.45) is 1.07. The number of piperazine rings is 1. The van der Waals surface area contributed by atoms with Gasteiger partial charge < -0.3 is 11.1 Å². The van der Waals surface area contributed by atoms with Crippen LogP contribution in [0.5, 0.6) is 0 Å². The van der Waals surface area contributed by atoms with Gasteiger partial charge in [-0.25, -0.2) is 0 Å². The zero-order chi connectivity index (χ0) is 8.97. The zero-order valence-corrected chi connectivity index (χ0v) is 7.55. The van der Waals surface area contributed by atoms with Gasteiger partial charge in [0.15, 0.2) is 0 Å². The number of carbonyl (C=O) groups excluding carboxylic acids is 1. The lowest BCUT2D eigenvalue weighted by molar-refractivity contribution is -0.119. The van der Waals surface area contributed by atoms with Gasteiger partial charge in [0.1, 0.15) is 0 Å². The fourth-order valence-corrected chi connectivity index (χ4v) is 1.61. The maximum Gasteiger partial charge on any atom is 0.231 e. The number of hydrogen-bond acceptors (Lipinski definition) is 3. The number of carbonyl (C=O) groups is 1. The van der Waals surface area contributed by atoms with Crippen LogP contribution in [0.25, 0.3) is 0 Å². The monoisotopic (exact) mass is 171 g/mol. The topological polar surface area (TPSA) is 58.4 Å². The molecule has 0 aromatic heterocycles. The first kappa shape index (κ1) is 9.48. The van der Waals surface area contributed by atoms with E-state index in [-0.39, 0.29) is 5.91 Å². The van der Waals surface area contributed by atoms with Crippen LogP contribution in [0.4, 0.5) is 0 Å². The van der Waals surface area contributed by atoms with Gasteiger partial charge in [0.2, 0.25) is 5.91 Å².